The molecule has 0 saturated carbocycles. The highest BCUT2D eigenvalue weighted by Crippen LogP contribution is 2.27. The number of carbonyl (C=O) groups excluding carboxylic acids is 2. The summed E-state index contributed by atoms with van der Waals surface area (Å²) in [5.74, 6) is -0.806. The van der Waals surface area contributed by atoms with Crippen molar-refractivity contribution in [3.63, 3.8) is 0 Å². The minimum Gasteiger partial charge on any atom is -0.508 e. The molecule has 0 spiro atoms. The largest absolute Gasteiger partial charge is 0.508 e. The lowest BCUT2D eigenvalue weighted by atomic mass is 9.95. The molecule has 0 aliphatic heterocycles. The second-order valence-electron chi connectivity index (χ2n) is 7.78. The van der Waals surface area contributed by atoms with Gasteiger partial charge in [0.2, 0.25) is 0 Å². The Hall–Kier alpha value is -3.68. The summed E-state index contributed by atoms with van der Waals surface area (Å²) >= 11 is 0. The van der Waals surface area contributed by atoms with Gasteiger partial charge in [0.15, 0.2) is 5.69 Å². The van der Waals surface area contributed by atoms with E-state index in [9.17, 15) is 19.1 Å². The monoisotopic (exact) mass is 436 g/mol. The smallest absolute Gasteiger partial charge is 0.272 e. The molecule has 0 radical (unpaired) electrons. The zero-order valence-corrected chi connectivity index (χ0v) is 17.6. The summed E-state index contributed by atoms with van der Waals surface area (Å²) in [6, 6.07) is 12.2. The molecule has 1 aliphatic rings. The van der Waals surface area contributed by atoms with Gasteiger partial charge >= 0.3 is 0 Å². The van der Waals surface area contributed by atoms with E-state index in [-0.39, 0.29) is 23.4 Å². The molecule has 0 unspecified atom stereocenters. The first-order valence-electron chi connectivity index (χ1n) is 10.7. The minimum absolute atomic E-state index is 0.0355. The van der Waals surface area contributed by atoms with Crippen molar-refractivity contribution in [2.45, 2.75) is 32.1 Å². The maximum Gasteiger partial charge on any atom is 0.272 e. The van der Waals surface area contributed by atoms with Gasteiger partial charge in [-0.1, -0.05) is 6.07 Å². The van der Waals surface area contributed by atoms with Crippen LogP contribution in [0.1, 0.15) is 51.4 Å². The summed E-state index contributed by atoms with van der Waals surface area (Å²) < 4.78 is 15.1. The quantitative estimate of drug-likeness (QED) is 0.496. The van der Waals surface area contributed by atoms with Crippen molar-refractivity contribution in [3.05, 3.63) is 76.9 Å². The number of hydrogen-bond acceptors (Lipinski definition) is 4. The third-order valence-electron chi connectivity index (χ3n) is 5.50. The molecule has 8 heteroatoms. The van der Waals surface area contributed by atoms with Gasteiger partial charge in [0.25, 0.3) is 11.8 Å². The molecular formula is C24H25FN4O3. The molecule has 3 N–H and O–H groups in total. The first-order valence-corrected chi connectivity index (χ1v) is 10.7. The summed E-state index contributed by atoms with van der Waals surface area (Å²) in [6.45, 7) is 0.772. The first-order chi connectivity index (χ1) is 15.5. The molecule has 0 atom stereocenters. The fourth-order valence-electron chi connectivity index (χ4n) is 3.90. The number of halogens is 1. The Bertz CT molecular complexity index is 1120. The molecule has 3 aromatic rings. The topological polar surface area (TPSA) is 96.3 Å². The number of hydrogen-bond donors (Lipinski definition) is 3. The average molecular weight is 436 g/mol. The summed E-state index contributed by atoms with van der Waals surface area (Å²) in [7, 11) is 0. The lowest BCUT2D eigenvalue weighted by Crippen LogP contribution is -2.30. The van der Waals surface area contributed by atoms with Gasteiger partial charge in [-0.3, -0.25) is 9.59 Å². The highest BCUT2D eigenvalue weighted by atomic mass is 19.1. The molecule has 1 heterocycles. The number of fused-ring (bicyclic) bond motifs is 1. The van der Waals surface area contributed by atoms with Crippen molar-refractivity contribution in [2.75, 3.05) is 13.1 Å². The van der Waals surface area contributed by atoms with Gasteiger partial charge < -0.3 is 15.7 Å². The van der Waals surface area contributed by atoms with Gasteiger partial charge in [-0.25, -0.2) is 9.07 Å². The molecular weight excluding hydrogens is 411 g/mol. The van der Waals surface area contributed by atoms with E-state index in [2.05, 4.69) is 15.7 Å². The zero-order valence-electron chi connectivity index (χ0n) is 17.6. The van der Waals surface area contributed by atoms with Crippen LogP contribution in [0.25, 0.3) is 5.69 Å². The Morgan fingerprint density at radius 2 is 1.72 bits per heavy atom. The third-order valence-corrected chi connectivity index (χ3v) is 5.50. The SMILES string of the molecule is O=C(NCCCNC(=O)c1nn(-c2ccc(F)cc2)c2c1CCCC2)c1cccc(O)c1. The number of benzene rings is 2. The van der Waals surface area contributed by atoms with Crippen LogP contribution < -0.4 is 10.6 Å². The molecule has 1 aliphatic carbocycles. The van der Waals surface area contributed by atoms with Gasteiger partial charge in [0.1, 0.15) is 11.6 Å². The Labute approximate surface area is 185 Å². The summed E-state index contributed by atoms with van der Waals surface area (Å²) in [6.07, 6.45) is 4.20. The first kappa shape index (κ1) is 21.5. The summed E-state index contributed by atoms with van der Waals surface area (Å²) in [5.41, 5.74) is 3.49. The number of nitrogens with zero attached hydrogens (tertiary/aromatic N) is 2. The molecule has 2 aromatic carbocycles. The molecule has 0 saturated heterocycles. The predicted molar refractivity (Wildman–Crippen MR) is 118 cm³/mol. The van der Waals surface area contributed by atoms with E-state index >= 15 is 0 Å². The normalized spacial score (nSPS) is 12.8. The Morgan fingerprint density at radius 1 is 1.00 bits per heavy atom. The molecule has 7 nitrogen and oxygen atoms in total. The van der Waals surface area contributed by atoms with Crippen LogP contribution in [0.4, 0.5) is 4.39 Å². The summed E-state index contributed by atoms with van der Waals surface area (Å²) in [5, 5.41) is 19.7. The molecule has 2 amide bonds. The molecule has 0 bridgehead atoms. The van der Waals surface area contributed by atoms with Crippen LogP contribution in [0.3, 0.4) is 0 Å². The van der Waals surface area contributed by atoms with Crippen molar-refractivity contribution in [1.82, 2.24) is 20.4 Å². The number of carbonyl (C=O) groups is 2. The second kappa shape index (κ2) is 9.64. The molecule has 166 valence electrons. The van der Waals surface area contributed by atoms with Crippen LogP contribution in [-0.2, 0) is 12.8 Å². The van der Waals surface area contributed by atoms with Gasteiger partial charge in [-0.15, -0.1) is 0 Å². The van der Waals surface area contributed by atoms with E-state index in [1.807, 2.05) is 0 Å². The Balaban J connectivity index is 1.35. The van der Waals surface area contributed by atoms with Crippen molar-refractivity contribution in [1.29, 1.82) is 0 Å². The number of aromatic hydroxyl groups is 1. The van der Waals surface area contributed by atoms with E-state index in [1.165, 1.54) is 24.3 Å². The lowest BCUT2D eigenvalue weighted by molar-refractivity contribution is 0.0946. The predicted octanol–water partition coefficient (Wildman–Crippen LogP) is 3.15. The average Bonchev–Trinajstić information content (AvgIpc) is 3.19. The van der Waals surface area contributed by atoms with Gasteiger partial charge in [-0.05, 0) is 74.6 Å². The molecule has 0 fully saturated rings. The van der Waals surface area contributed by atoms with Crippen molar-refractivity contribution in [3.8, 4) is 11.4 Å². The van der Waals surface area contributed by atoms with Gasteiger partial charge in [0.05, 0.1) is 5.69 Å². The number of nitrogens with one attached hydrogen (secondary N) is 2. The van der Waals surface area contributed by atoms with Crippen LogP contribution in [0.2, 0.25) is 0 Å². The van der Waals surface area contributed by atoms with E-state index in [0.717, 1.165) is 42.6 Å². The molecule has 1 aromatic heterocycles. The van der Waals surface area contributed by atoms with Crippen LogP contribution in [0, 0.1) is 5.82 Å². The Kier molecular flexibility index (Phi) is 6.49. The van der Waals surface area contributed by atoms with Crippen molar-refractivity contribution >= 4 is 11.8 Å². The van der Waals surface area contributed by atoms with Crippen molar-refractivity contribution < 1.29 is 19.1 Å². The summed E-state index contributed by atoms with van der Waals surface area (Å²) in [4.78, 5) is 24.9. The third kappa shape index (κ3) is 4.80. The van der Waals surface area contributed by atoms with E-state index in [4.69, 9.17) is 0 Å². The maximum atomic E-state index is 13.3. The van der Waals surface area contributed by atoms with E-state index < -0.39 is 0 Å². The number of rotatable bonds is 7. The van der Waals surface area contributed by atoms with Crippen LogP contribution in [0.15, 0.2) is 48.5 Å². The minimum atomic E-state index is -0.316. The second-order valence-corrected chi connectivity index (χ2v) is 7.78. The highest BCUT2D eigenvalue weighted by Gasteiger charge is 2.25. The van der Waals surface area contributed by atoms with Crippen LogP contribution in [-0.4, -0.2) is 39.8 Å². The fourth-order valence-corrected chi connectivity index (χ4v) is 3.90. The molecule has 4 rings (SSSR count). The standard InChI is InChI=1S/C24H25FN4O3/c25-17-9-11-18(12-10-17)29-21-8-2-1-7-20(21)22(28-29)24(32)27-14-4-13-26-23(31)16-5-3-6-19(30)15-16/h3,5-6,9-12,15,30H,1-2,4,7-8,13-14H2,(H,26,31)(H,27,32). The van der Waals surface area contributed by atoms with Crippen LogP contribution >= 0.6 is 0 Å². The zero-order chi connectivity index (χ0) is 22.5. The molecule has 32 heavy (non-hydrogen) atoms. The van der Waals surface area contributed by atoms with E-state index in [0.29, 0.717) is 30.8 Å². The lowest BCUT2D eigenvalue weighted by Gasteiger charge is -2.14. The van der Waals surface area contributed by atoms with Crippen molar-refractivity contribution in [2.24, 2.45) is 0 Å². The fraction of sp³-hybridized carbons (Fsp3) is 0.292. The number of phenols is 1. The maximum absolute atomic E-state index is 13.3. The number of phenolic OH excluding ortho intramolecular Hbond substituents is 1. The highest BCUT2D eigenvalue weighted by molar-refractivity contribution is 5.95. The Morgan fingerprint density at radius 3 is 2.47 bits per heavy atom. The van der Waals surface area contributed by atoms with Gasteiger partial charge in [-0.2, -0.15) is 5.10 Å². The van der Waals surface area contributed by atoms with Crippen LogP contribution in [0.5, 0.6) is 5.75 Å². The number of amides is 2. The van der Waals surface area contributed by atoms with Gasteiger partial charge in [0, 0.05) is 29.9 Å². The van der Waals surface area contributed by atoms with E-state index in [1.54, 1.807) is 28.9 Å². The number of aromatic nitrogens is 2.